The summed E-state index contributed by atoms with van der Waals surface area (Å²) >= 11 is 0. The summed E-state index contributed by atoms with van der Waals surface area (Å²) in [4.78, 5) is 3.80. The number of nitrogens with zero attached hydrogens (tertiary/aromatic N) is 2. The van der Waals surface area contributed by atoms with Crippen molar-refractivity contribution < 1.29 is 13.2 Å². The number of anilines is 1. The Labute approximate surface area is 101 Å². The summed E-state index contributed by atoms with van der Waals surface area (Å²) < 4.78 is 30.6. The van der Waals surface area contributed by atoms with Gasteiger partial charge in [0.25, 0.3) is 0 Å². The fourth-order valence-electron chi connectivity index (χ4n) is 1.34. The molecule has 0 aliphatic rings. The predicted molar refractivity (Wildman–Crippen MR) is 64.9 cm³/mol. The maximum atomic E-state index is 12.2. The van der Waals surface area contributed by atoms with Gasteiger partial charge in [0.05, 0.1) is 12.3 Å². The van der Waals surface area contributed by atoms with Gasteiger partial charge >= 0.3 is 0 Å². The highest BCUT2D eigenvalue weighted by Crippen LogP contribution is 2.21. The van der Waals surface area contributed by atoms with Crippen LogP contribution in [0.3, 0.4) is 0 Å². The third-order valence-electron chi connectivity index (χ3n) is 2.50. The van der Waals surface area contributed by atoms with Crippen LogP contribution in [0, 0.1) is 0 Å². The highest BCUT2D eigenvalue weighted by molar-refractivity contribution is 7.89. The van der Waals surface area contributed by atoms with Gasteiger partial charge in [-0.2, -0.15) is 4.31 Å². The van der Waals surface area contributed by atoms with Gasteiger partial charge in [0, 0.05) is 32.6 Å². The largest absolute Gasteiger partial charge is 0.398 e. The average molecular weight is 259 g/mol. The molecule has 0 radical (unpaired) electrons. The van der Waals surface area contributed by atoms with E-state index < -0.39 is 10.0 Å². The van der Waals surface area contributed by atoms with Crippen LogP contribution < -0.4 is 5.73 Å². The summed E-state index contributed by atoms with van der Waals surface area (Å²) in [6, 6.07) is 1.19. The van der Waals surface area contributed by atoms with Crippen molar-refractivity contribution in [3.05, 3.63) is 18.5 Å². The molecule has 1 rings (SSSR count). The molecule has 96 valence electrons. The Morgan fingerprint density at radius 2 is 2.24 bits per heavy atom. The van der Waals surface area contributed by atoms with Crippen LogP contribution in [0.15, 0.2) is 23.4 Å². The lowest BCUT2D eigenvalue weighted by Gasteiger charge is -2.23. The molecule has 2 N–H and O–H groups in total. The lowest BCUT2D eigenvalue weighted by molar-refractivity contribution is 0.149. The third kappa shape index (κ3) is 2.93. The maximum Gasteiger partial charge on any atom is 0.246 e. The van der Waals surface area contributed by atoms with Crippen molar-refractivity contribution in [2.75, 3.05) is 26.5 Å². The average Bonchev–Trinajstić information content (AvgIpc) is 2.28. The molecular weight excluding hydrogens is 242 g/mol. The number of aromatic nitrogens is 1. The van der Waals surface area contributed by atoms with E-state index >= 15 is 0 Å². The van der Waals surface area contributed by atoms with E-state index in [1.165, 1.54) is 36.9 Å². The molecule has 7 heteroatoms. The molecule has 17 heavy (non-hydrogen) atoms. The molecule has 0 fully saturated rings. The van der Waals surface area contributed by atoms with Gasteiger partial charge in [0.2, 0.25) is 10.0 Å². The van der Waals surface area contributed by atoms with Crippen molar-refractivity contribution in [2.45, 2.75) is 17.9 Å². The molecule has 1 aromatic heterocycles. The van der Waals surface area contributed by atoms with Crippen LogP contribution in [0.1, 0.15) is 6.92 Å². The second-order valence-corrected chi connectivity index (χ2v) is 5.71. The van der Waals surface area contributed by atoms with Crippen molar-refractivity contribution >= 4 is 15.7 Å². The molecule has 1 unspecified atom stereocenters. The fraction of sp³-hybridized carbons (Fsp3) is 0.500. The minimum absolute atomic E-state index is 0.0189. The molecule has 6 nitrogen and oxygen atoms in total. The summed E-state index contributed by atoms with van der Waals surface area (Å²) in [6.45, 7) is 2.07. The van der Waals surface area contributed by atoms with Crippen LogP contribution in [0.4, 0.5) is 5.69 Å². The van der Waals surface area contributed by atoms with Crippen molar-refractivity contribution in [1.29, 1.82) is 0 Å². The lowest BCUT2D eigenvalue weighted by Crippen LogP contribution is -2.38. The monoisotopic (exact) mass is 259 g/mol. The molecule has 1 aromatic rings. The molecule has 0 spiro atoms. The molecule has 1 atom stereocenters. The maximum absolute atomic E-state index is 12.2. The minimum Gasteiger partial charge on any atom is -0.398 e. The molecule has 0 amide bonds. The van der Waals surface area contributed by atoms with E-state index in [0.717, 1.165) is 0 Å². The summed E-state index contributed by atoms with van der Waals surface area (Å²) in [6.07, 6.45) is 2.70. The smallest absolute Gasteiger partial charge is 0.246 e. The quantitative estimate of drug-likeness (QED) is 0.823. The number of nitrogen functional groups attached to an aromatic ring is 1. The number of pyridine rings is 1. The van der Waals surface area contributed by atoms with Gasteiger partial charge < -0.3 is 10.5 Å². The van der Waals surface area contributed by atoms with E-state index in [4.69, 9.17) is 10.5 Å². The SMILES string of the molecule is COCC(C)N(C)S(=O)(=O)c1cnccc1N. The van der Waals surface area contributed by atoms with Crippen LogP contribution >= 0.6 is 0 Å². The Balaban J connectivity index is 3.08. The second kappa shape index (κ2) is 5.44. The molecule has 0 aromatic carbocycles. The van der Waals surface area contributed by atoms with Crippen molar-refractivity contribution in [1.82, 2.24) is 9.29 Å². The molecule has 0 aliphatic heterocycles. The van der Waals surface area contributed by atoms with Crippen LogP contribution in [0.5, 0.6) is 0 Å². The van der Waals surface area contributed by atoms with Gasteiger partial charge in [-0.15, -0.1) is 0 Å². The molecule has 0 saturated heterocycles. The Morgan fingerprint density at radius 3 is 2.76 bits per heavy atom. The zero-order valence-electron chi connectivity index (χ0n) is 10.1. The Kier molecular flexibility index (Phi) is 4.44. The number of methoxy groups -OCH3 is 1. The summed E-state index contributed by atoms with van der Waals surface area (Å²) in [5.41, 5.74) is 5.83. The molecule has 0 saturated carbocycles. The predicted octanol–water partition coefficient (Wildman–Crippen LogP) is 0.319. The standard InChI is InChI=1S/C10H17N3O3S/c1-8(7-16-3)13(2)17(14,15)10-6-12-5-4-9(10)11/h4-6,8H,7H2,1-3H3,(H2,11,12). The first-order valence-electron chi connectivity index (χ1n) is 5.07. The molecule has 0 bridgehead atoms. The number of sulfonamides is 1. The summed E-state index contributed by atoms with van der Waals surface area (Å²) in [7, 11) is -0.611. The van der Waals surface area contributed by atoms with E-state index in [-0.39, 0.29) is 16.6 Å². The summed E-state index contributed by atoms with van der Waals surface area (Å²) in [5.74, 6) is 0. The first-order valence-corrected chi connectivity index (χ1v) is 6.51. The highest BCUT2D eigenvalue weighted by atomic mass is 32.2. The van der Waals surface area contributed by atoms with E-state index in [0.29, 0.717) is 6.61 Å². The van der Waals surface area contributed by atoms with Crippen molar-refractivity contribution in [2.24, 2.45) is 0 Å². The molecular formula is C10H17N3O3S. The fourth-order valence-corrected chi connectivity index (χ4v) is 2.75. The third-order valence-corrected chi connectivity index (χ3v) is 4.52. The first kappa shape index (κ1) is 13.9. The Bertz CT molecular complexity index is 475. The van der Waals surface area contributed by atoms with Gasteiger partial charge in [0.15, 0.2) is 0 Å². The van der Waals surface area contributed by atoms with Crippen LogP contribution in [-0.2, 0) is 14.8 Å². The zero-order valence-corrected chi connectivity index (χ0v) is 10.9. The van der Waals surface area contributed by atoms with Crippen LogP contribution in [0.25, 0.3) is 0 Å². The summed E-state index contributed by atoms with van der Waals surface area (Å²) in [5, 5.41) is 0. The van der Waals surface area contributed by atoms with E-state index in [1.807, 2.05) is 0 Å². The number of rotatable bonds is 5. The number of likely N-dealkylation sites (N-methyl/N-ethyl adjacent to an activating group) is 1. The number of hydrogen-bond acceptors (Lipinski definition) is 5. The van der Waals surface area contributed by atoms with E-state index in [1.54, 1.807) is 6.92 Å². The Morgan fingerprint density at radius 1 is 1.59 bits per heavy atom. The van der Waals surface area contributed by atoms with Crippen molar-refractivity contribution in [3.63, 3.8) is 0 Å². The second-order valence-electron chi connectivity index (χ2n) is 3.74. The molecule has 1 heterocycles. The van der Waals surface area contributed by atoms with Crippen LogP contribution in [-0.4, -0.2) is 44.5 Å². The highest BCUT2D eigenvalue weighted by Gasteiger charge is 2.27. The van der Waals surface area contributed by atoms with Gasteiger partial charge in [0.1, 0.15) is 4.90 Å². The number of ether oxygens (including phenoxy) is 1. The number of hydrogen-bond donors (Lipinski definition) is 1. The number of nitrogens with two attached hydrogens (primary N) is 1. The topological polar surface area (TPSA) is 85.5 Å². The molecule has 0 aliphatic carbocycles. The van der Waals surface area contributed by atoms with Gasteiger partial charge in [-0.25, -0.2) is 8.42 Å². The Hall–Kier alpha value is -1.18. The van der Waals surface area contributed by atoms with Gasteiger partial charge in [-0.05, 0) is 13.0 Å². The van der Waals surface area contributed by atoms with Gasteiger partial charge in [-0.1, -0.05) is 0 Å². The van der Waals surface area contributed by atoms with Gasteiger partial charge in [-0.3, -0.25) is 4.98 Å². The first-order chi connectivity index (χ1) is 7.91. The van der Waals surface area contributed by atoms with E-state index in [2.05, 4.69) is 4.98 Å². The van der Waals surface area contributed by atoms with Crippen LogP contribution in [0.2, 0.25) is 0 Å². The zero-order chi connectivity index (χ0) is 13.1. The normalized spacial score (nSPS) is 13.9. The van der Waals surface area contributed by atoms with Crippen molar-refractivity contribution in [3.8, 4) is 0 Å². The van der Waals surface area contributed by atoms with E-state index in [9.17, 15) is 8.42 Å². The lowest BCUT2D eigenvalue weighted by atomic mass is 10.4. The minimum atomic E-state index is -3.63.